The molecule has 1 heterocycles. The Kier molecular flexibility index (Phi) is 5.68. The van der Waals surface area contributed by atoms with Crippen LogP contribution in [0.3, 0.4) is 0 Å². The van der Waals surface area contributed by atoms with Gasteiger partial charge in [0.15, 0.2) is 0 Å². The average Bonchev–Trinajstić information content (AvgIpc) is 2.27. The molecule has 1 saturated heterocycles. The molecule has 1 fully saturated rings. The van der Waals surface area contributed by atoms with Gasteiger partial charge in [-0.15, -0.1) is 0 Å². The lowest BCUT2D eigenvalue weighted by atomic mass is 9.90. The normalized spacial score (nSPS) is 30.0. The molecule has 5 heteroatoms. The molecule has 2 nitrogen and oxygen atoms in total. The fourth-order valence-corrected chi connectivity index (χ4v) is 2.72. The Bertz CT molecular complexity index is 278. The minimum Gasteiger partial charge on any atom is -0.309 e. The third kappa shape index (κ3) is 5.30. The zero-order chi connectivity index (χ0) is 14.7. The lowest BCUT2D eigenvalue weighted by Gasteiger charge is -2.47. The molecule has 0 saturated carbocycles. The Balaban J connectivity index is 2.57. The van der Waals surface area contributed by atoms with Crippen molar-refractivity contribution in [3.05, 3.63) is 0 Å². The van der Waals surface area contributed by atoms with Gasteiger partial charge >= 0.3 is 6.18 Å². The summed E-state index contributed by atoms with van der Waals surface area (Å²) in [6.07, 6.45) is -3.51. The van der Waals surface area contributed by atoms with E-state index in [1.165, 1.54) is 0 Å². The third-order valence-corrected chi connectivity index (χ3v) is 4.21. The lowest BCUT2D eigenvalue weighted by Crippen LogP contribution is -2.64. The summed E-state index contributed by atoms with van der Waals surface area (Å²) in [6, 6.07) is 0.341. The minimum atomic E-state index is -4.03. The fraction of sp³-hybridized carbons (Fsp3) is 1.00. The first kappa shape index (κ1) is 16.8. The van der Waals surface area contributed by atoms with Crippen molar-refractivity contribution in [1.29, 1.82) is 0 Å². The molecule has 0 aromatic carbocycles. The highest BCUT2D eigenvalue weighted by Gasteiger charge is 2.36. The van der Waals surface area contributed by atoms with Crippen LogP contribution in [0.2, 0.25) is 0 Å². The van der Waals surface area contributed by atoms with Gasteiger partial charge in [0.05, 0.1) is 0 Å². The summed E-state index contributed by atoms with van der Waals surface area (Å²) in [7, 11) is 0. The van der Waals surface area contributed by atoms with Gasteiger partial charge in [-0.2, -0.15) is 13.2 Å². The van der Waals surface area contributed by atoms with Crippen LogP contribution >= 0.6 is 0 Å². The number of nitrogens with zero attached hydrogens (tertiary/aromatic N) is 1. The highest BCUT2D eigenvalue weighted by atomic mass is 19.4. The number of piperazine rings is 1. The first-order chi connectivity index (χ1) is 8.67. The van der Waals surface area contributed by atoms with E-state index in [9.17, 15) is 13.2 Å². The molecular formula is C14H27F3N2. The van der Waals surface area contributed by atoms with Gasteiger partial charge in [-0.3, -0.25) is 4.90 Å². The molecule has 0 aromatic heterocycles. The summed E-state index contributed by atoms with van der Waals surface area (Å²) < 4.78 is 36.8. The van der Waals surface area contributed by atoms with Gasteiger partial charge in [0, 0.05) is 31.1 Å². The van der Waals surface area contributed by atoms with Crippen LogP contribution in [-0.4, -0.2) is 42.3 Å². The van der Waals surface area contributed by atoms with E-state index < -0.39 is 12.6 Å². The summed E-state index contributed by atoms with van der Waals surface area (Å²) in [6.45, 7) is 10.8. The highest BCUT2D eigenvalue weighted by Crippen LogP contribution is 2.25. The van der Waals surface area contributed by atoms with Gasteiger partial charge in [0.1, 0.15) is 0 Å². The molecule has 1 aliphatic rings. The summed E-state index contributed by atoms with van der Waals surface area (Å²) in [5.41, 5.74) is 0.0314. The van der Waals surface area contributed by atoms with Crippen LogP contribution in [0, 0.1) is 5.92 Å². The molecule has 114 valence electrons. The van der Waals surface area contributed by atoms with E-state index in [4.69, 9.17) is 0 Å². The van der Waals surface area contributed by atoms with E-state index in [0.717, 1.165) is 19.5 Å². The van der Waals surface area contributed by atoms with Crippen molar-refractivity contribution in [2.24, 2.45) is 5.92 Å². The van der Waals surface area contributed by atoms with Gasteiger partial charge in [-0.25, -0.2) is 0 Å². The monoisotopic (exact) mass is 280 g/mol. The van der Waals surface area contributed by atoms with Crippen molar-refractivity contribution in [2.45, 2.75) is 64.7 Å². The molecule has 0 spiro atoms. The number of hydrogen-bond acceptors (Lipinski definition) is 2. The highest BCUT2D eigenvalue weighted by molar-refractivity contribution is 4.95. The molecule has 1 aliphatic heterocycles. The zero-order valence-corrected chi connectivity index (χ0v) is 12.5. The van der Waals surface area contributed by atoms with Crippen molar-refractivity contribution in [2.75, 3.05) is 19.6 Å². The number of rotatable bonds is 5. The van der Waals surface area contributed by atoms with Gasteiger partial charge in [0.2, 0.25) is 0 Å². The molecule has 2 unspecified atom stereocenters. The van der Waals surface area contributed by atoms with Crippen LogP contribution in [0.5, 0.6) is 0 Å². The Labute approximate surface area is 114 Å². The van der Waals surface area contributed by atoms with E-state index >= 15 is 0 Å². The maximum absolute atomic E-state index is 12.3. The molecule has 1 rings (SSSR count). The molecule has 1 N–H and O–H groups in total. The van der Waals surface area contributed by atoms with Crippen molar-refractivity contribution >= 4 is 0 Å². The van der Waals surface area contributed by atoms with Crippen LogP contribution in [0.1, 0.15) is 47.0 Å². The largest absolute Gasteiger partial charge is 0.389 e. The second kappa shape index (κ2) is 6.44. The SMILES string of the molecule is CCC1(C)CN(CCCC(F)(F)F)C(C(C)C)CN1. The first-order valence-electron chi connectivity index (χ1n) is 7.23. The van der Waals surface area contributed by atoms with Crippen LogP contribution in [0.4, 0.5) is 13.2 Å². The Morgan fingerprint density at radius 3 is 2.47 bits per heavy atom. The number of alkyl halides is 3. The molecule has 0 bridgehead atoms. The van der Waals surface area contributed by atoms with E-state index in [0.29, 0.717) is 18.5 Å². The topological polar surface area (TPSA) is 15.3 Å². The summed E-state index contributed by atoms with van der Waals surface area (Å²) in [5, 5.41) is 3.55. The van der Waals surface area contributed by atoms with Gasteiger partial charge in [-0.1, -0.05) is 20.8 Å². The Morgan fingerprint density at radius 1 is 1.37 bits per heavy atom. The maximum atomic E-state index is 12.3. The van der Waals surface area contributed by atoms with Crippen molar-refractivity contribution in [3.63, 3.8) is 0 Å². The molecule has 2 atom stereocenters. The molecule has 0 amide bonds. The summed E-state index contributed by atoms with van der Waals surface area (Å²) >= 11 is 0. The zero-order valence-electron chi connectivity index (χ0n) is 12.5. The second-order valence-corrected chi connectivity index (χ2v) is 6.30. The fourth-order valence-electron chi connectivity index (χ4n) is 2.72. The van der Waals surface area contributed by atoms with E-state index in [1.807, 2.05) is 0 Å². The van der Waals surface area contributed by atoms with Crippen molar-refractivity contribution in [3.8, 4) is 0 Å². The molecule has 19 heavy (non-hydrogen) atoms. The van der Waals surface area contributed by atoms with Gasteiger partial charge in [-0.05, 0) is 32.2 Å². The quantitative estimate of drug-likeness (QED) is 0.830. The molecular weight excluding hydrogens is 253 g/mol. The minimum absolute atomic E-state index is 0.0314. The van der Waals surface area contributed by atoms with E-state index in [2.05, 4.69) is 37.9 Å². The van der Waals surface area contributed by atoms with E-state index in [1.54, 1.807) is 0 Å². The smallest absolute Gasteiger partial charge is 0.309 e. The summed E-state index contributed by atoms with van der Waals surface area (Å²) in [4.78, 5) is 2.25. The average molecular weight is 280 g/mol. The van der Waals surface area contributed by atoms with E-state index in [-0.39, 0.29) is 12.0 Å². The third-order valence-electron chi connectivity index (χ3n) is 4.21. The second-order valence-electron chi connectivity index (χ2n) is 6.30. The standard InChI is InChI=1S/C14H27F3N2/c1-5-13(4)10-19(8-6-7-14(15,16)17)12(9-18-13)11(2)3/h11-12,18H,5-10H2,1-4H3. The van der Waals surface area contributed by atoms with Gasteiger partial charge < -0.3 is 5.32 Å². The van der Waals surface area contributed by atoms with Gasteiger partial charge in [0.25, 0.3) is 0 Å². The predicted molar refractivity (Wildman–Crippen MR) is 72.2 cm³/mol. The van der Waals surface area contributed by atoms with Crippen LogP contribution in [0.15, 0.2) is 0 Å². The Morgan fingerprint density at radius 2 is 2.00 bits per heavy atom. The first-order valence-corrected chi connectivity index (χ1v) is 7.23. The number of halogens is 3. The lowest BCUT2D eigenvalue weighted by molar-refractivity contribution is -0.136. The molecule has 0 aromatic rings. The van der Waals surface area contributed by atoms with Crippen LogP contribution in [-0.2, 0) is 0 Å². The van der Waals surface area contributed by atoms with Crippen LogP contribution < -0.4 is 5.32 Å². The summed E-state index contributed by atoms with van der Waals surface area (Å²) in [5.74, 6) is 0.458. The molecule has 0 radical (unpaired) electrons. The maximum Gasteiger partial charge on any atom is 0.389 e. The predicted octanol–water partition coefficient (Wildman–Crippen LogP) is 3.43. The Hall–Kier alpha value is -0.290. The number of hydrogen-bond donors (Lipinski definition) is 1. The number of nitrogens with one attached hydrogen (secondary N) is 1. The molecule has 0 aliphatic carbocycles. The van der Waals surface area contributed by atoms with Crippen molar-refractivity contribution < 1.29 is 13.2 Å². The van der Waals surface area contributed by atoms with Crippen molar-refractivity contribution in [1.82, 2.24) is 10.2 Å². The van der Waals surface area contributed by atoms with Crippen LogP contribution in [0.25, 0.3) is 0 Å².